The second-order valence-corrected chi connectivity index (χ2v) is 3.79. The van der Waals surface area contributed by atoms with E-state index in [9.17, 15) is 4.79 Å². The van der Waals surface area contributed by atoms with Crippen molar-refractivity contribution in [1.29, 1.82) is 0 Å². The maximum atomic E-state index is 10.5. The molecule has 78 valence electrons. The second-order valence-electron chi connectivity index (χ2n) is 3.79. The third-order valence-electron chi connectivity index (χ3n) is 2.65. The summed E-state index contributed by atoms with van der Waals surface area (Å²) in [5, 5.41) is 0. The Kier molecular flexibility index (Phi) is 4.44. The van der Waals surface area contributed by atoms with Gasteiger partial charge in [-0.3, -0.25) is 4.79 Å². The maximum absolute atomic E-state index is 10.5. The van der Waals surface area contributed by atoms with E-state index in [2.05, 4.69) is 24.9 Å². The quantitative estimate of drug-likeness (QED) is 0.625. The first-order valence-corrected chi connectivity index (χ1v) is 5.34. The Morgan fingerprint density at radius 2 is 2.21 bits per heavy atom. The van der Waals surface area contributed by atoms with Gasteiger partial charge in [-0.25, -0.2) is 0 Å². The zero-order chi connectivity index (χ0) is 10.4. The van der Waals surface area contributed by atoms with Gasteiger partial charge in [-0.2, -0.15) is 0 Å². The number of nitrogens with zero attached hydrogens (tertiary/aromatic N) is 1. The number of hydrogen-bond acceptors (Lipinski definition) is 2. The molecule has 0 saturated heterocycles. The molecule has 0 heterocycles. The van der Waals surface area contributed by atoms with E-state index >= 15 is 0 Å². The molecule has 0 saturated carbocycles. The largest absolute Gasteiger partial charge is 0.378 e. The summed E-state index contributed by atoms with van der Waals surface area (Å²) in [5.41, 5.74) is 2.27. The van der Waals surface area contributed by atoms with Crippen molar-refractivity contribution in [1.82, 2.24) is 4.90 Å². The lowest BCUT2D eigenvalue weighted by Gasteiger charge is -2.24. The van der Waals surface area contributed by atoms with E-state index in [0.29, 0.717) is 0 Å². The summed E-state index contributed by atoms with van der Waals surface area (Å²) in [7, 11) is 2.13. The van der Waals surface area contributed by atoms with Crippen molar-refractivity contribution >= 4 is 6.29 Å². The minimum absolute atomic E-state index is 0.895. The summed E-state index contributed by atoms with van der Waals surface area (Å²) in [6.07, 6.45) is 9.33. The second kappa shape index (κ2) is 5.63. The molecule has 1 aliphatic carbocycles. The highest BCUT2D eigenvalue weighted by Crippen LogP contribution is 2.19. The molecular formula is C12H19NO. The van der Waals surface area contributed by atoms with Gasteiger partial charge in [-0.15, -0.1) is 0 Å². The van der Waals surface area contributed by atoms with Crippen molar-refractivity contribution in [2.75, 3.05) is 13.6 Å². The van der Waals surface area contributed by atoms with Gasteiger partial charge in [0.25, 0.3) is 0 Å². The van der Waals surface area contributed by atoms with Crippen LogP contribution in [-0.2, 0) is 4.79 Å². The van der Waals surface area contributed by atoms with Crippen LogP contribution in [0.1, 0.15) is 32.6 Å². The summed E-state index contributed by atoms with van der Waals surface area (Å²) < 4.78 is 0. The third-order valence-corrected chi connectivity index (χ3v) is 2.65. The van der Waals surface area contributed by atoms with Crippen molar-refractivity contribution < 1.29 is 4.79 Å². The number of hydrogen-bond donors (Lipinski definition) is 0. The highest BCUT2D eigenvalue weighted by Gasteiger charge is 2.08. The number of unbranched alkanes of at least 4 members (excludes halogenated alkanes) is 1. The highest BCUT2D eigenvalue weighted by molar-refractivity contribution is 5.74. The van der Waals surface area contributed by atoms with Gasteiger partial charge in [0.05, 0.1) is 0 Å². The summed E-state index contributed by atoms with van der Waals surface area (Å²) in [5.74, 6) is 0. The molecule has 0 unspecified atom stereocenters. The van der Waals surface area contributed by atoms with Gasteiger partial charge < -0.3 is 4.90 Å². The molecule has 0 amide bonds. The van der Waals surface area contributed by atoms with Crippen LogP contribution in [0.4, 0.5) is 0 Å². The molecule has 0 aromatic rings. The molecule has 0 bridgehead atoms. The monoisotopic (exact) mass is 193 g/mol. The lowest BCUT2D eigenvalue weighted by molar-refractivity contribution is -0.105. The van der Waals surface area contributed by atoms with Crippen LogP contribution < -0.4 is 0 Å². The van der Waals surface area contributed by atoms with E-state index < -0.39 is 0 Å². The molecule has 0 spiro atoms. The van der Waals surface area contributed by atoms with Crippen molar-refractivity contribution in [3.05, 3.63) is 23.4 Å². The molecule has 0 aliphatic heterocycles. The molecule has 2 heteroatoms. The van der Waals surface area contributed by atoms with Crippen LogP contribution in [0.25, 0.3) is 0 Å². The zero-order valence-electron chi connectivity index (χ0n) is 9.12. The topological polar surface area (TPSA) is 20.3 Å². The Balaban J connectivity index is 2.49. The highest BCUT2D eigenvalue weighted by atomic mass is 16.1. The van der Waals surface area contributed by atoms with Crippen LogP contribution >= 0.6 is 0 Å². The van der Waals surface area contributed by atoms with Crippen LogP contribution in [0.5, 0.6) is 0 Å². The Morgan fingerprint density at radius 1 is 1.43 bits per heavy atom. The molecule has 0 atom stereocenters. The normalized spacial score (nSPS) is 15.9. The molecule has 1 rings (SSSR count). The van der Waals surface area contributed by atoms with Crippen LogP contribution in [-0.4, -0.2) is 24.8 Å². The van der Waals surface area contributed by atoms with E-state index in [-0.39, 0.29) is 0 Å². The number of allylic oxidation sites excluding steroid dienone is 4. The van der Waals surface area contributed by atoms with E-state index in [1.54, 1.807) is 0 Å². The number of rotatable bonds is 5. The van der Waals surface area contributed by atoms with Crippen LogP contribution in [0.3, 0.4) is 0 Å². The van der Waals surface area contributed by atoms with Gasteiger partial charge in [0.2, 0.25) is 0 Å². The fourth-order valence-corrected chi connectivity index (χ4v) is 1.60. The molecule has 0 radical (unpaired) electrons. The summed E-state index contributed by atoms with van der Waals surface area (Å²) in [6.45, 7) is 3.32. The number of carbonyl (C=O) groups is 1. The minimum atomic E-state index is 0.895. The lowest BCUT2D eigenvalue weighted by Crippen LogP contribution is -2.20. The predicted octanol–water partition coefficient (Wildman–Crippen LogP) is 2.52. The fourth-order valence-electron chi connectivity index (χ4n) is 1.60. The third kappa shape index (κ3) is 3.02. The summed E-state index contributed by atoms with van der Waals surface area (Å²) in [6, 6.07) is 0. The Labute approximate surface area is 86.3 Å². The van der Waals surface area contributed by atoms with Crippen LogP contribution in [0.15, 0.2) is 23.4 Å². The smallest absolute Gasteiger partial charge is 0.146 e. The van der Waals surface area contributed by atoms with Gasteiger partial charge in [0, 0.05) is 19.3 Å². The Hall–Kier alpha value is -1.05. The predicted molar refractivity (Wildman–Crippen MR) is 59.0 cm³/mol. The summed E-state index contributed by atoms with van der Waals surface area (Å²) in [4.78, 5) is 12.8. The minimum Gasteiger partial charge on any atom is -0.378 e. The average Bonchev–Trinajstić information content (AvgIpc) is 2.26. The molecule has 2 nitrogen and oxygen atoms in total. The molecular weight excluding hydrogens is 174 g/mol. The zero-order valence-corrected chi connectivity index (χ0v) is 9.12. The lowest BCUT2D eigenvalue weighted by atomic mass is 10.0. The van der Waals surface area contributed by atoms with Gasteiger partial charge in [-0.1, -0.05) is 19.4 Å². The van der Waals surface area contributed by atoms with Gasteiger partial charge >= 0.3 is 0 Å². The van der Waals surface area contributed by atoms with Crippen molar-refractivity contribution in [2.24, 2.45) is 0 Å². The first kappa shape index (κ1) is 11.0. The molecule has 0 aromatic heterocycles. The van der Waals surface area contributed by atoms with Gasteiger partial charge in [0.15, 0.2) is 0 Å². The van der Waals surface area contributed by atoms with Crippen molar-refractivity contribution in [2.45, 2.75) is 32.6 Å². The summed E-state index contributed by atoms with van der Waals surface area (Å²) >= 11 is 0. The number of carbonyl (C=O) groups excluding carboxylic acids is 1. The first-order valence-electron chi connectivity index (χ1n) is 5.34. The Morgan fingerprint density at radius 3 is 2.71 bits per heavy atom. The van der Waals surface area contributed by atoms with Gasteiger partial charge in [0.1, 0.15) is 6.29 Å². The fraction of sp³-hybridized carbons (Fsp3) is 0.583. The maximum Gasteiger partial charge on any atom is 0.146 e. The van der Waals surface area contributed by atoms with Crippen molar-refractivity contribution in [3.8, 4) is 0 Å². The van der Waals surface area contributed by atoms with E-state index in [0.717, 1.165) is 31.2 Å². The molecule has 14 heavy (non-hydrogen) atoms. The molecule has 0 aromatic carbocycles. The van der Waals surface area contributed by atoms with E-state index in [1.165, 1.54) is 18.5 Å². The van der Waals surface area contributed by atoms with Crippen LogP contribution in [0, 0.1) is 0 Å². The van der Waals surface area contributed by atoms with E-state index in [4.69, 9.17) is 0 Å². The van der Waals surface area contributed by atoms with Crippen LogP contribution in [0.2, 0.25) is 0 Å². The van der Waals surface area contributed by atoms with E-state index in [1.807, 2.05) is 6.08 Å². The molecule has 0 fully saturated rings. The first-order chi connectivity index (χ1) is 6.77. The average molecular weight is 193 g/mol. The van der Waals surface area contributed by atoms with Gasteiger partial charge in [-0.05, 0) is 30.9 Å². The SMILES string of the molecule is CCCCN(C)C1=CC=C(C=O)CC1. The van der Waals surface area contributed by atoms with Crippen molar-refractivity contribution in [3.63, 3.8) is 0 Å². The standard InChI is InChI=1S/C12H19NO/c1-3-4-9-13(2)12-7-5-11(10-14)6-8-12/h5,7,10H,3-4,6,8-9H2,1-2H3. The molecule has 1 aliphatic rings. The Bertz CT molecular complexity index is 253. The molecule has 0 N–H and O–H groups in total. The number of aldehydes is 1.